The number of nitrogens with zero attached hydrogens (tertiary/aromatic N) is 4. The number of hydrogen-bond donors (Lipinski definition) is 2. The average Bonchev–Trinajstić information content (AvgIpc) is 3.28. The highest BCUT2D eigenvalue weighted by molar-refractivity contribution is 5.73. The van der Waals surface area contributed by atoms with Gasteiger partial charge in [0.15, 0.2) is 0 Å². The third-order valence-corrected chi connectivity index (χ3v) is 6.01. The highest BCUT2D eigenvalue weighted by Gasteiger charge is 2.59. The zero-order chi connectivity index (χ0) is 29.5. The Bertz CT molecular complexity index is 1060. The highest BCUT2D eigenvalue weighted by Crippen LogP contribution is 2.50. The number of aromatic nitrogens is 2. The van der Waals surface area contributed by atoms with Gasteiger partial charge in [-0.15, -0.1) is 0 Å². The average molecular weight is 572 g/mol. The summed E-state index contributed by atoms with van der Waals surface area (Å²) in [6, 6.07) is 9.57. The number of carbonyl (C=O) groups is 2. The van der Waals surface area contributed by atoms with Gasteiger partial charge in [-0.1, -0.05) is 6.07 Å². The van der Waals surface area contributed by atoms with E-state index in [4.69, 9.17) is 19.8 Å². The number of piperidine rings is 1. The van der Waals surface area contributed by atoms with E-state index in [2.05, 4.69) is 14.9 Å². The Hall–Kier alpha value is -3.56. The lowest BCUT2D eigenvalue weighted by atomic mass is 9.75. The topological polar surface area (TPSA) is 107 Å². The zero-order valence-electron chi connectivity index (χ0n) is 20.1. The largest absolute Gasteiger partial charge is 0.490 e. The summed E-state index contributed by atoms with van der Waals surface area (Å²) in [6.07, 6.45) is -4.53. The number of carboxylic acid groups (broad SMARTS) is 2. The summed E-state index contributed by atoms with van der Waals surface area (Å²) in [5.41, 5.74) is 0.873. The van der Waals surface area contributed by atoms with Gasteiger partial charge in [-0.3, -0.25) is 14.9 Å². The molecule has 0 bridgehead atoms. The summed E-state index contributed by atoms with van der Waals surface area (Å²) in [6.45, 7) is 2.49. The second-order valence-corrected chi connectivity index (χ2v) is 8.76. The monoisotopic (exact) mass is 572 g/mol. The molecular weight excluding hydrogens is 548 g/mol. The van der Waals surface area contributed by atoms with E-state index in [9.17, 15) is 35.1 Å². The van der Waals surface area contributed by atoms with Crippen molar-refractivity contribution in [2.45, 2.75) is 37.7 Å². The Labute approximate surface area is 216 Å². The van der Waals surface area contributed by atoms with Gasteiger partial charge >= 0.3 is 24.3 Å². The summed E-state index contributed by atoms with van der Waals surface area (Å²) >= 11 is 0. The van der Waals surface area contributed by atoms with E-state index >= 15 is 0 Å². The van der Waals surface area contributed by atoms with E-state index in [0.29, 0.717) is 39.1 Å². The van der Waals surface area contributed by atoms with Crippen LogP contribution in [0.3, 0.4) is 0 Å². The first kappa shape index (κ1) is 31.7. The zero-order valence-corrected chi connectivity index (χ0v) is 20.1. The van der Waals surface area contributed by atoms with Crippen LogP contribution in [0.15, 0.2) is 48.9 Å². The quantitative estimate of drug-likeness (QED) is 0.519. The van der Waals surface area contributed by atoms with E-state index in [1.807, 2.05) is 35.2 Å². The Morgan fingerprint density at radius 2 is 1.49 bits per heavy atom. The van der Waals surface area contributed by atoms with Crippen molar-refractivity contribution in [2.75, 3.05) is 31.1 Å². The molecule has 0 amide bonds. The highest BCUT2D eigenvalue weighted by atomic mass is 19.4. The molecule has 1 atom stereocenters. The van der Waals surface area contributed by atoms with Crippen LogP contribution in [0.25, 0.3) is 0 Å². The number of rotatable bonds is 3. The number of halogens is 8. The molecule has 16 heteroatoms. The molecule has 2 saturated heterocycles. The molecule has 216 valence electrons. The third kappa shape index (κ3) is 9.01. The van der Waals surface area contributed by atoms with Gasteiger partial charge in [0.1, 0.15) is 0 Å². The number of likely N-dealkylation sites (tertiary alicyclic amines) is 1. The van der Waals surface area contributed by atoms with E-state index in [0.717, 1.165) is 11.4 Å². The molecule has 1 spiro atoms. The SMILES string of the molecule is FC1(F)CCN(Cc2ccccn2)CC12CCN(c1cccnc1)C2.O=C(O)C(F)(F)F.O=C(O)C(F)(F)F. The predicted molar refractivity (Wildman–Crippen MR) is 120 cm³/mol. The molecule has 2 aliphatic rings. The van der Waals surface area contributed by atoms with Crippen molar-refractivity contribution < 1.29 is 54.9 Å². The predicted octanol–water partition coefficient (Wildman–Crippen LogP) is 4.48. The minimum Gasteiger partial charge on any atom is -0.475 e. The van der Waals surface area contributed by atoms with Crippen molar-refractivity contribution in [3.63, 3.8) is 0 Å². The molecule has 4 rings (SSSR count). The summed E-state index contributed by atoms with van der Waals surface area (Å²) in [4.78, 5) is 30.4. The normalized spacial score (nSPS) is 20.9. The summed E-state index contributed by atoms with van der Waals surface area (Å²) in [7, 11) is 0. The minimum atomic E-state index is -5.08. The Kier molecular flexibility index (Phi) is 10.2. The number of pyridine rings is 2. The van der Waals surface area contributed by atoms with Crippen LogP contribution in [0.5, 0.6) is 0 Å². The van der Waals surface area contributed by atoms with Gasteiger partial charge in [0.25, 0.3) is 5.92 Å². The van der Waals surface area contributed by atoms with Crippen LogP contribution in [0.2, 0.25) is 0 Å². The van der Waals surface area contributed by atoms with Crippen LogP contribution in [0.4, 0.5) is 40.8 Å². The molecule has 2 aliphatic heterocycles. The van der Waals surface area contributed by atoms with Crippen LogP contribution in [-0.4, -0.2) is 81.5 Å². The van der Waals surface area contributed by atoms with E-state index in [-0.39, 0.29) is 6.42 Å². The lowest BCUT2D eigenvalue weighted by Gasteiger charge is -2.46. The Balaban J connectivity index is 0.000000317. The molecular formula is C23H24F8N4O4. The number of hydrogen-bond acceptors (Lipinski definition) is 6. The molecule has 2 fully saturated rings. The molecule has 2 N–H and O–H groups in total. The van der Waals surface area contributed by atoms with Gasteiger partial charge in [-0.2, -0.15) is 26.3 Å². The number of carboxylic acids is 2. The number of anilines is 1. The van der Waals surface area contributed by atoms with Crippen molar-refractivity contribution in [3.8, 4) is 0 Å². The van der Waals surface area contributed by atoms with Crippen molar-refractivity contribution in [1.82, 2.24) is 14.9 Å². The van der Waals surface area contributed by atoms with Gasteiger partial charge in [0.2, 0.25) is 0 Å². The summed E-state index contributed by atoms with van der Waals surface area (Å²) in [5, 5.41) is 14.2. The van der Waals surface area contributed by atoms with Crippen LogP contribution in [0.1, 0.15) is 18.5 Å². The standard InChI is InChI=1S/C19H22F2N4.2C2HF3O2/c20-19(21)7-10-24(13-16-4-1-2-9-23-16)14-18(19)6-11-25(15-18)17-5-3-8-22-12-17;2*3-2(4,5)1(6)7/h1-5,8-9,12H,6-7,10-11,13-15H2;2*(H,6,7). The van der Waals surface area contributed by atoms with Crippen LogP contribution in [0, 0.1) is 5.41 Å². The first-order chi connectivity index (χ1) is 18.0. The van der Waals surface area contributed by atoms with Gasteiger partial charge in [0, 0.05) is 51.5 Å². The molecule has 1 unspecified atom stereocenters. The lowest BCUT2D eigenvalue weighted by Crippen LogP contribution is -2.56. The molecule has 39 heavy (non-hydrogen) atoms. The molecule has 4 heterocycles. The van der Waals surface area contributed by atoms with Crippen LogP contribution < -0.4 is 4.90 Å². The molecule has 8 nitrogen and oxygen atoms in total. The maximum Gasteiger partial charge on any atom is 0.490 e. The van der Waals surface area contributed by atoms with Crippen molar-refractivity contribution in [1.29, 1.82) is 0 Å². The number of aliphatic carboxylic acids is 2. The minimum absolute atomic E-state index is 0.0826. The molecule has 0 aromatic carbocycles. The first-order valence-corrected chi connectivity index (χ1v) is 11.2. The van der Waals surface area contributed by atoms with Gasteiger partial charge in [0.05, 0.1) is 23.0 Å². The molecule has 2 aromatic heterocycles. The van der Waals surface area contributed by atoms with Gasteiger partial charge < -0.3 is 15.1 Å². The van der Waals surface area contributed by atoms with Crippen LogP contribution >= 0.6 is 0 Å². The first-order valence-electron chi connectivity index (χ1n) is 11.2. The third-order valence-electron chi connectivity index (χ3n) is 6.01. The fourth-order valence-corrected chi connectivity index (χ4v) is 4.10. The van der Waals surface area contributed by atoms with E-state index < -0.39 is 35.6 Å². The van der Waals surface area contributed by atoms with Crippen LogP contribution in [-0.2, 0) is 16.1 Å². The Morgan fingerprint density at radius 3 is 1.97 bits per heavy atom. The van der Waals surface area contributed by atoms with Crippen molar-refractivity contribution in [2.24, 2.45) is 5.41 Å². The molecule has 0 aliphatic carbocycles. The number of alkyl halides is 8. The van der Waals surface area contributed by atoms with E-state index in [1.165, 1.54) is 0 Å². The molecule has 2 aromatic rings. The summed E-state index contributed by atoms with van der Waals surface area (Å²) in [5.74, 6) is -8.15. The van der Waals surface area contributed by atoms with Crippen molar-refractivity contribution >= 4 is 17.6 Å². The maximum absolute atomic E-state index is 14.9. The van der Waals surface area contributed by atoms with Gasteiger partial charge in [-0.25, -0.2) is 18.4 Å². The maximum atomic E-state index is 14.9. The second-order valence-electron chi connectivity index (χ2n) is 8.76. The molecule has 0 radical (unpaired) electrons. The van der Waals surface area contributed by atoms with Gasteiger partial charge in [-0.05, 0) is 30.7 Å². The smallest absolute Gasteiger partial charge is 0.475 e. The molecule has 0 saturated carbocycles. The fraction of sp³-hybridized carbons (Fsp3) is 0.478. The van der Waals surface area contributed by atoms with E-state index in [1.54, 1.807) is 18.6 Å². The van der Waals surface area contributed by atoms with Crippen molar-refractivity contribution in [3.05, 3.63) is 54.6 Å². The Morgan fingerprint density at radius 1 is 0.872 bits per heavy atom. The fourth-order valence-electron chi connectivity index (χ4n) is 4.10. The summed E-state index contributed by atoms with van der Waals surface area (Å²) < 4.78 is 93.2. The second kappa shape index (κ2) is 12.5. The lowest BCUT2D eigenvalue weighted by molar-refractivity contribution is -0.193.